The molecule has 160 valence electrons. The third-order valence-corrected chi connectivity index (χ3v) is 6.13. The lowest BCUT2D eigenvalue weighted by molar-refractivity contribution is 0.160. The molecule has 0 saturated carbocycles. The SMILES string of the molecule is CCON=Cc1ccc(OCCCCCN2C=CN(c3ccncc3)S2(=O)=O)cc1. The summed E-state index contributed by atoms with van der Waals surface area (Å²) in [5.41, 5.74) is 1.52. The molecule has 0 fully saturated rings. The zero-order chi connectivity index (χ0) is 21.2. The van der Waals surface area contributed by atoms with Crippen molar-refractivity contribution in [2.45, 2.75) is 26.2 Å². The Balaban J connectivity index is 1.35. The van der Waals surface area contributed by atoms with E-state index in [2.05, 4.69) is 10.1 Å². The van der Waals surface area contributed by atoms with Gasteiger partial charge in [0.2, 0.25) is 0 Å². The molecule has 0 amide bonds. The summed E-state index contributed by atoms with van der Waals surface area (Å²) in [6, 6.07) is 10.9. The molecule has 8 nitrogen and oxygen atoms in total. The van der Waals surface area contributed by atoms with Crippen LogP contribution in [0, 0.1) is 0 Å². The molecule has 2 heterocycles. The Kier molecular flexibility index (Phi) is 7.67. The normalized spacial score (nSPS) is 15.1. The number of benzene rings is 1. The highest BCUT2D eigenvalue weighted by Gasteiger charge is 2.31. The van der Waals surface area contributed by atoms with Gasteiger partial charge in [-0.15, -0.1) is 0 Å². The quantitative estimate of drug-likeness (QED) is 0.309. The molecule has 0 aliphatic carbocycles. The summed E-state index contributed by atoms with van der Waals surface area (Å²) in [7, 11) is -3.55. The van der Waals surface area contributed by atoms with E-state index in [9.17, 15) is 8.42 Å². The monoisotopic (exact) mass is 430 g/mol. The standard InChI is InChI=1S/C21H26N4O4S/c1-2-29-23-18-19-6-8-21(9-7-19)28-17-5-3-4-14-24-15-16-25(30(24,26)27)20-10-12-22-13-11-20/h6-13,15-16,18H,2-5,14,17H2,1H3. The van der Waals surface area contributed by atoms with Crippen molar-refractivity contribution in [3.63, 3.8) is 0 Å². The van der Waals surface area contributed by atoms with Crippen molar-refractivity contribution in [1.29, 1.82) is 0 Å². The molecule has 0 unspecified atom stereocenters. The summed E-state index contributed by atoms with van der Waals surface area (Å²) in [5.74, 6) is 0.793. The van der Waals surface area contributed by atoms with Gasteiger partial charge in [0.25, 0.3) is 0 Å². The number of hydrogen-bond acceptors (Lipinski definition) is 6. The number of anilines is 1. The van der Waals surface area contributed by atoms with Gasteiger partial charge in [-0.05, 0) is 68.1 Å². The van der Waals surface area contributed by atoms with Gasteiger partial charge >= 0.3 is 10.2 Å². The maximum Gasteiger partial charge on any atom is 0.329 e. The second-order valence-electron chi connectivity index (χ2n) is 6.55. The summed E-state index contributed by atoms with van der Waals surface area (Å²) in [6.45, 7) is 3.44. The van der Waals surface area contributed by atoms with Crippen molar-refractivity contribution in [2.75, 3.05) is 24.1 Å². The van der Waals surface area contributed by atoms with Crippen LogP contribution >= 0.6 is 0 Å². The minimum absolute atomic E-state index is 0.439. The Bertz CT molecular complexity index is 947. The molecule has 1 aliphatic heterocycles. The molecule has 1 aromatic heterocycles. The van der Waals surface area contributed by atoms with Crippen LogP contribution in [0.4, 0.5) is 5.69 Å². The van der Waals surface area contributed by atoms with Gasteiger partial charge in [0.1, 0.15) is 12.4 Å². The van der Waals surface area contributed by atoms with Gasteiger partial charge < -0.3 is 9.57 Å². The third-order valence-electron chi connectivity index (χ3n) is 4.41. The number of ether oxygens (including phenoxy) is 1. The predicted molar refractivity (Wildman–Crippen MR) is 116 cm³/mol. The number of aromatic nitrogens is 1. The molecule has 0 bridgehead atoms. The molecule has 0 N–H and O–H groups in total. The smallest absolute Gasteiger partial charge is 0.329 e. The summed E-state index contributed by atoms with van der Waals surface area (Å²) in [5, 5.41) is 3.83. The number of nitrogens with zero attached hydrogens (tertiary/aromatic N) is 4. The van der Waals surface area contributed by atoms with Gasteiger partial charge in [0.05, 0.1) is 18.5 Å². The van der Waals surface area contributed by atoms with E-state index in [4.69, 9.17) is 9.57 Å². The maximum absolute atomic E-state index is 12.6. The first kappa shape index (κ1) is 21.6. The van der Waals surface area contributed by atoms with Crippen LogP contribution in [-0.2, 0) is 15.0 Å². The van der Waals surface area contributed by atoms with E-state index >= 15 is 0 Å². The van der Waals surface area contributed by atoms with Crippen LogP contribution in [0.25, 0.3) is 0 Å². The van der Waals surface area contributed by atoms with Crippen molar-refractivity contribution in [3.05, 3.63) is 66.8 Å². The Morgan fingerprint density at radius 1 is 1.03 bits per heavy atom. The van der Waals surface area contributed by atoms with Crippen molar-refractivity contribution in [2.24, 2.45) is 5.16 Å². The molecule has 3 rings (SSSR count). The van der Waals surface area contributed by atoms with E-state index < -0.39 is 10.2 Å². The molecular formula is C21H26N4O4S. The minimum atomic E-state index is -3.55. The summed E-state index contributed by atoms with van der Waals surface area (Å²) >= 11 is 0. The first-order chi connectivity index (χ1) is 14.6. The topological polar surface area (TPSA) is 84.3 Å². The lowest BCUT2D eigenvalue weighted by Gasteiger charge is -2.21. The second kappa shape index (κ2) is 10.6. The van der Waals surface area contributed by atoms with E-state index in [1.54, 1.807) is 43.1 Å². The molecule has 0 spiro atoms. The number of hydrogen-bond donors (Lipinski definition) is 0. The highest BCUT2D eigenvalue weighted by atomic mass is 32.2. The molecule has 0 radical (unpaired) electrons. The van der Waals surface area contributed by atoms with Crippen LogP contribution < -0.4 is 9.04 Å². The van der Waals surface area contributed by atoms with E-state index in [0.717, 1.165) is 30.6 Å². The van der Waals surface area contributed by atoms with Crippen LogP contribution in [0.15, 0.2) is 66.3 Å². The molecule has 30 heavy (non-hydrogen) atoms. The second-order valence-corrected chi connectivity index (χ2v) is 8.31. The number of unbranched alkanes of at least 4 members (excludes halogenated alkanes) is 2. The number of oxime groups is 1. The fraction of sp³-hybridized carbons (Fsp3) is 0.333. The minimum Gasteiger partial charge on any atom is -0.494 e. The lowest BCUT2D eigenvalue weighted by Crippen LogP contribution is -2.33. The number of pyridine rings is 1. The highest BCUT2D eigenvalue weighted by Crippen LogP contribution is 2.25. The number of rotatable bonds is 11. The van der Waals surface area contributed by atoms with Gasteiger partial charge in [-0.25, -0.2) is 4.31 Å². The fourth-order valence-corrected chi connectivity index (χ4v) is 4.25. The zero-order valence-electron chi connectivity index (χ0n) is 16.9. The predicted octanol–water partition coefficient (Wildman–Crippen LogP) is 3.54. The molecule has 1 aromatic carbocycles. The van der Waals surface area contributed by atoms with E-state index in [1.165, 1.54) is 8.61 Å². The van der Waals surface area contributed by atoms with Gasteiger partial charge in [-0.2, -0.15) is 8.42 Å². The van der Waals surface area contributed by atoms with Crippen LogP contribution in [0.2, 0.25) is 0 Å². The van der Waals surface area contributed by atoms with Crippen molar-refractivity contribution < 1.29 is 18.0 Å². The molecular weight excluding hydrogens is 404 g/mol. The Hall–Kier alpha value is -3.07. The summed E-state index contributed by atoms with van der Waals surface area (Å²) < 4.78 is 33.6. The van der Waals surface area contributed by atoms with Gasteiger partial charge in [0, 0.05) is 31.3 Å². The van der Waals surface area contributed by atoms with E-state index in [1.807, 2.05) is 31.2 Å². The van der Waals surface area contributed by atoms with Crippen LogP contribution in [0.3, 0.4) is 0 Å². The van der Waals surface area contributed by atoms with Gasteiger partial charge in [0.15, 0.2) is 0 Å². The van der Waals surface area contributed by atoms with Crippen LogP contribution in [-0.4, -0.2) is 43.7 Å². The van der Waals surface area contributed by atoms with Crippen molar-refractivity contribution >= 4 is 22.1 Å². The third kappa shape index (κ3) is 5.73. The molecule has 0 saturated heterocycles. The van der Waals surface area contributed by atoms with Crippen LogP contribution in [0.1, 0.15) is 31.7 Å². The maximum atomic E-state index is 12.6. The average Bonchev–Trinajstić information content (AvgIpc) is 3.06. The Labute approximate surface area is 177 Å². The molecule has 9 heteroatoms. The summed E-state index contributed by atoms with van der Waals surface area (Å²) in [6.07, 6.45) is 10.4. The molecule has 2 aromatic rings. The summed E-state index contributed by atoms with van der Waals surface area (Å²) in [4.78, 5) is 8.86. The van der Waals surface area contributed by atoms with Crippen molar-refractivity contribution in [1.82, 2.24) is 9.29 Å². The Morgan fingerprint density at radius 2 is 1.80 bits per heavy atom. The highest BCUT2D eigenvalue weighted by molar-refractivity contribution is 7.91. The zero-order valence-corrected chi connectivity index (χ0v) is 17.7. The van der Waals surface area contributed by atoms with Gasteiger partial charge in [-0.3, -0.25) is 9.29 Å². The first-order valence-electron chi connectivity index (χ1n) is 9.89. The first-order valence-corrected chi connectivity index (χ1v) is 11.3. The molecule has 1 aliphatic rings. The van der Waals surface area contributed by atoms with E-state index in [-0.39, 0.29) is 0 Å². The van der Waals surface area contributed by atoms with Gasteiger partial charge in [-0.1, -0.05) is 5.16 Å². The largest absolute Gasteiger partial charge is 0.494 e. The van der Waals surface area contributed by atoms with Crippen molar-refractivity contribution in [3.8, 4) is 5.75 Å². The fourth-order valence-electron chi connectivity index (χ4n) is 2.86. The lowest BCUT2D eigenvalue weighted by atomic mass is 10.2. The average molecular weight is 431 g/mol. The van der Waals surface area contributed by atoms with E-state index in [0.29, 0.717) is 25.4 Å². The molecule has 0 atom stereocenters. The van der Waals surface area contributed by atoms with Crippen LogP contribution in [0.5, 0.6) is 5.75 Å². The Morgan fingerprint density at radius 3 is 2.53 bits per heavy atom.